The minimum absolute atomic E-state index is 0.148. The number of aliphatic imine (C=N–C) groups is 1. The van der Waals surface area contributed by atoms with E-state index in [4.69, 9.17) is 16.2 Å². The summed E-state index contributed by atoms with van der Waals surface area (Å²) in [7, 11) is 0. The van der Waals surface area contributed by atoms with Crippen LogP contribution in [-0.4, -0.2) is 56.2 Å². The molecule has 0 radical (unpaired) electrons. The quantitative estimate of drug-likeness (QED) is 0.491. The standard InChI is InChI=1S/C16H24FN7O2/c1-2-26-14(25)10-23-5-7-24(8-6-23)13-4-3-11(9-12(13)17)16(19)20-15(18)21-22-16/h3-4,9,22H,2,5-8,10,19H2,1H3,(H3,18,20,21). The van der Waals surface area contributed by atoms with Crippen molar-refractivity contribution in [1.82, 2.24) is 15.8 Å². The number of hydrazine groups is 1. The lowest BCUT2D eigenvalue weighted by molar-refractivity contribution is -0.144. The fraction of sp³-hybridized carbons (Fsp3) is 0.500. The number of nitrogens with two attached hydrogens (primary N) is 2. The summed E-state index contributed by atoms with van der Waals surface area (Å²) in [5.41, 5.74) is 17.9. The van der Waals surface area contributed by atoms with Gasteiger partial charge in [-0.05, 0) is 19.1 Å². The summed E-state index contributed by atoms with van der Waals surface area (Å²) in [6.07, 6.45) is 0. The number of benzene rings is 1. The first-order valence-electron chi connectivity index (χ1n) is 8.51. The number of hydrogen-bond donors (Lipinski definition) is 4. The van der Waals surface area contributed by atoms with Gasteiger partial charge in [0.25, 0.3) is 0 Å². The van der Waals surface area contributed by atoms with Crippen molar-refractivity contribution < 1.29 is 13.9 Å². The smallest absolute Gasteiger partial charge is 0.320 e. The summed E-state index contributed by atoms with van der Waals surface area (Å²) in [5.74, 6) is -1.76. The molecule has 0 saturated carbocycles. The molecule has 0 aliphatic carbocycles. The van der Waals surface area contributed by atoms with E-state index in [-0.39, 0.29) is 24.3 Å². The van der Waals surface area contributed by atoms with Gasteiger partial charge >= 0.3 is 5.97 Å². The maximum atomic E-state index is 14.7. The number of carbonyl (C=O) groups excluding carboxylic acids is 1. The summed E-state index contributed by atoms with van der Waals surface area (Å²) in [6.45, 7) is 4.98. The van der Waals surface area contributed by atoms with Gasteiger partial charge < -0.3 is 15.4 Å². The number of guanidine groups is 1. The van der Waals surface area contributed by atoms with Crippen LogP contribution >= 0.6 is 0 Å². The highest BCUT2D eigenvalue weighted by Crippen LogP contribution is 2.26. The molecule has 1 aromatic rings. The third-order valence-electron chi connectivity index (χ3n) is 4.44. The Bertz CT molecular complexity index is 706. The third kappa shape index (κ3) is 3.87. The number of carbonyl (C=O) groups is 1. The maximum absolute atomic E-state index is 14.7. The molecule has 0 amide bonds. The average molecular weight is 365 g/mol. The monoisotopic (exact) mass is 365 g/mol. The molecule has 142 valence electrons. The van der Waals surface area contributed by atoms with Gasteiger partial charge in [-0.25, -0.2) is 9.38 Å². The van der Waals surface area contributed by atoms with Crippen molar-refractivity contribution in [2.24, 2.45) is 16.5 Å². The zero-order chi connectivity index (χ0) is 18.7. The fourth-order valence-corrected chi connectivity index (χ4v) is 3.08. The number of anilines is 1. The van der Waals surface area contributed by atoms with E-state index in [1.54, 1.807) is 19.1 Å². The molecule has 10 heteroatoms. The first kappa shape index (κ1) is 18.4. The van der Waals surface area contributed by atoms with E-state index >= 15 is 0 Å². The Morgan fingerprint density at radius 1 is 1.38 bits per heavy atom. The summed E-state index contributed by atoms with van der Waals surface area (Å²) in [5, 5.41) is 0. The van der Waals surface area contributed by atoms with Crippen molar-refractivity contribution in [2.45, 2.75) is 12.7 Å². The molecule has 6 N–H and O–H groups in total. The van der Waals surface area contributed by atoms with E-state index in [2.05, 4.69) is 15.8 Å². The van der Waals surface area contributed by atoms with E-state index in [1.165, 1.54) is 6.07 Å². The van der Waals surface area contributed by atoms with Gasteiger partial charge in [0.15, 0.2) is 0 Å². The van der Waals surface area contributed by atoms with Gasteiger partial charge in [-0.3, -0.25) is 20.9 Å². The van der Waals surface area contributed by atoms with E-state index in [0.29, 0.717) is 44.0 Å². The van der Waals surface area contributed by atoms with Gasteiger partial charge in [0.05, 0.1) is 18.8 Å². The molecule has 3 rings (SSSR count). The largest absolute Gasteiger partial charge is 0.465 e. The maximum Gasteiger partial charge on any atom is 0.320 e. The number of halogens is 1. The number of ether oxygens (including phenoxy) is 1. The average Bonchev–Trinajstić information content (AvgIpc) is 2.96. The summed E-state index contributed by atoms with van der Waals surface area (Å²) in [6, 6.07) is 4.77. The second kappa shape index (κ2) is 7.44. The molecule has 1 fully saturated rings. The first-order valence-corrected chi connectivity index (χ1v) is 8.51. The van der Waals surface area contributed by atoms with Gasteiger partial charge in [0, 0.05) is 31.7 Å². The number of piperazine rings is 1. The van der Waals surface area contributed by atoms with Crippen molar-refractivity contribution in [3.05, 3.63) is 29.6 Å². The number of hydrogen-bond acceptors (Lipinski definition) is 9. The topological polar surface area (TPSA) is 121 Å². The van der Waals surface area contributed by atoms with E-state index in [0.717, 1.165) is 0 Å². The lowest BCUT2D eigenvalue weighted by atomic mass is 10.1. The van der Waals surface area contributed by atoms with Gasteiger partial charge in [0.1, 0.15) is 5.82 Å². The molecule has 0 aromatic heterocycles. The zero-order valence-corrected chi connectivity index (χ0v) is 14.7. The molecule has 0 spiro atoms. The van der Waals surface area contributed by atoms with Crippen molar-refractivity contribution in [3.8, 4) is 0 Å². The Labute approximate surface area is 151 Å². The number of nitrogens with zero attached hydrogens (tertiary/aromatic N) is 3. The summed E-state index contributed by atoms with van der Waals surface area (Å²) >= 11 is 0. The molecular formula is C16H24FN7O2. The minimum atomic E-state index is -1.29. The van der Waals surface area contributed by atoms with Crippen molar-refractivity contribution >= 4 is 17.6 Å². The lowest BCUT2D eigenvalue weighted by Crippen LogP contribution is -2.50. The molecule has 9 nitrogen and oxygen atoms in total. The molecule has 2 aliphatic rings. The number of rotatable bonds is 5. The van der Waals surface area contributed by atoms with Crippen LogP contribution in [0.1, 0.15) is 12.5 Å². The van der Waals surface area contributed by atoms with Crippen LogP contribution in [0.2, 0.25) is 0 Å². The van der Waals surface area contributed by atoms with Gasteiger partial charge in [-0.15, -0.1) is 0 Å². The minimum Gasteiger partial charge on any atom is -0.465 e. The highest BCUT2D eigenvalue weighted by atomic mass is 19.1. The van der Waals surface area contributed by atoms with Crippen LogP contribution in [0.3, 0.4) is 0 Å². The summed E-state index contributed by atoms with van der Waals surface area (Å²) < 4.78 is 19.6. The van der Waals surface area contributed by atoms with Crippen LogP contribution < -0.4 is 27.2 Å². The fourth-order valence-electron chi connectivity index (χ4n) is 3.08. The molecule has 0 bridgehead atoms. The molecule has 26 heavy (non-hydrogen) atoms. The Hall–Kier alpha value is -2.43. The second-order valence-corrected chi connectivity index (χ2v) is 6.25. The Morgan fingerprint density at radius 3 is 2.69 bits per heavy atom. The number of nitrogens with one attached hydrogen (secondary N) is 2. The van der Waals surface area contributed by atoms with Gasteiger partial charge in [0.2, 0.25) is 11.7 Å². The Kier molecular flexibility index (Phi) is 5.25. The third-order valence-corrected chi connectivity index (χ3v) is 4.44. The van der Waals surface area contributed by atoms with E-state index in [9.17, 15) is 9.18 Å². The zero-order valence-electron chi connectivity index (χ0n) is 14.7. The Balaban J connectivity index is 1.63. The van der Waals surface area contributed by atoms with Crippen LogP contribution in [0.5, 0.6) is 0 Å². The highest BCUT2D eigenvalue weighted by molar-refractivity contribution is 5.79. The van der Waals surface area contributed by atoms with E-state index < -0.39 is 5.79 Å². The molecule has 1 atom stereocenters. The first-order chi connectivity index (χ1) is 12.4. The summed E-state index contributed by atoms with van der Waals surface area (Å²) in [4.78, 5) is 19.5. The molecule has 2 heterocycles. The molecule has 1 unspecified atom stereocenters. The molecule has 2 aliphatic heterocycles. The van der Waals surface area contributed by atoms with Crippen LogP contribution in [0.25, 0.3) is 0 Å². The van der Waals surface area contributed by atoms with Crippen molar-refractivity contribution in [3.63, 3.8) is 0 Å². The van der Waals surface area contributed by atoms with Crippen molar-refractivity contribution in [1.29, 1.82) is 0 Å². The molecular weight excluding hydrogens is 341 g/mol. The van der Waals surface area contributed by atoms with Crippen LogP contribution in [0, 0.1) is 5.82 Å². The van der Waals surface area contributed by atoms with Crippen LogP contribution in [-0.2, 0) is 15.3 Å². The normalized spacial score (nSPS) is 23.5. The predicted molar refractivity (Wildman–Crippen MR) is 95.4 cm³/mol. The SMILES string of the molecule is CCOC(=O)CN1CCN(c2ccc(C3(N)N=C(N)NN3)cc2F)CC1. The van der Waals surface area contributed by atoms with Gasteiger partial charge in [-0.1, -0.05) is 6.07 Å². The second-order valence-electron chi connectivity index (χ2n) is 6.25. The highest BCUT2D eigenvalue weighted by Gasteiger charge is 2.32. The lowest BCUT2D eigenvalue weighted by Gasteiger charge is -2.36. The molecule has 1 aromatic carbocycles. The van der Waals surface area contributed by atoms with E-state index in [1.807, 2.05) is 9.80 Å². The van der Waals surface area contributed by atoms with Crippen LogP contribution in [0.4, 0.5) is 10.1 Å². The van der Waals surface area contributed by atoms with Crippen molar-refractivity contribution in [2.75, 3.05) is 44.2 Å². The number of esters is 1. The van der Waals surface area contributed by atoms with Gasteiger partial charge in [-0.2, -0.15) is 5.43 Å². The predicted octanol–water partition coefficient (Wildman–Crippen LogP) is -0.998. The van der Waals surface area contributed by atoms with Crippen LogP contribution in [0.15, 0.2) is 23.2 Å². The Morgan fingerprint density at radius 2 is 2.12 bits per heavy atom. The molecule has 1 saturated heterocycles.